The summed E-state index contributed by atoms with van der Waals surface area (Å²) in [6.45, 7) is 6.11. The molecule has 2 saturated heterocycles. The predicted octanol–water partition coefficient (Wildman–Crippen LogP) is 5.42. The second-order valence-corrected chi connectivity index (χ2v) is 9.99. The smallest absolute Gasteiger partial charge is 0.446 e. The minimum Gasteiger partial charge on any atom is -0.494 e. The van der Waals surface area contributed by atoms with Crippen LogP contribution in [0.4, 0.5) is 13.2 Å². The Morgan fingerprint density at radius 3 is 2.69 bits per heavy atom. The summed E-state index contributed by atoms with van der Waals surface area (Å²) in [6, 6.07) is 13.9. The fourth-order valence-corrected chi connectivity index (χ4v) is 5.25. The van der Waals surface area contributed by atoms with E-state index in [1.807, 2.05) is 18.2 Å². The largest absolute Gasteiger partial charge is 0.494 e. The Kier molecular flexibility index (Phi) is 9.10. The molecule has 0 amide bonds. The lowest BCUT2D eigenvalue weighted by Crippen LogP contribution is -2.37. The van der Waals surface area contributed by atoms with Crippen LogP contribution in [-0.2, 0) is 4.74 Å². The molecule has 0 aliphatic carbocycles. The number of benzene rings is 2. The third-order valence-corrected chi connectivity index (χ3v) is 7.06. The van der Waals surface area contributed by atoms with E-state index < -0.39 is 5.51 Å². The third kappa shape index (κ3) is 7.96. The van der Waals surface area contributed by atoms with E-state index in [2.05, 4.69) is 15.9 Å². The van der Waals surface area contributed by atoms with Crippen molar-refractivity contribution in [1.29, 1.82) is 0 Å². The first-order valence-corrected chi connectivity index (χ1v) is 12.8. The molecular weight excluding hydrogens is 477 g/mol. The van der Waals surface area contributed by atoms with Crippen LogP contribution in [-0.4, -0.2) is 73.6 Å². The molecule has 2 heterocycles. The number of ketones is 1. The second-order valence-electron chi connectivity index (χ2n) is 8.86. The number of likely N-dealkylation sites (tertiary alicyclic amines) is 1. The number of carbonyl (C=O) groups excluding carboxylic acids is 1. The highest BCUT2D eigenvalue weighted by molar-refractivity contribution is 8.00. The number of hydrogen-bond donors (Lipinski definition) is 0. The molecule has 0 spiro atoms. The molecule has 1 atom stereocenters. The SMILES string of the molecule is O=C(CN1CCCC1c1cccc(OCCCN2CCOCC2)c1)c1cccc(SC(F)(F)F)c1. The average molecular weight is 509 g/mol. The summed E-state index contributed by atoms with van der Waals surface area (Å²) in [4.78, 5) is 17.4. The van der Waals surface area contributed by atoms with Gasteiger partial charge >= 0.3 is 5.51 Å². The Bertz CT molecular complexity index is 982. The number of halogens is 3. The minimum atomic E-state index is -4.38. The van der Waals surface area contributed by atoms with Crippen LogP contribution in [0.2, 0.25) is 0 Å². The number of alkyl halides is 3. The summed E-state index contributed by atoms with van der Waals surface area (Å²) in [5.74, 6) is 0.650. The molecule has 0 bridgehead atoms. The first-order chi connectivity index (χ1) is 16.9. The first kappa shape index (κ1) is 26.0. The van der Waals surface area contributed by atoms with E-state index in [1.54, 1.807) is 6.07 Å². The van der Waals surface area contributed by atoms with Gasteiger partial charge in [0.15, 0.2) is 5.78 Å². The Hall–Kier alpha value is -2.07. The van der Waals surface area contributed by atoms with Crippen molar-refractivity contribution in [2.75, 3.05) is 52.5 Å². The summed E-state index contributed by atoms with van der Waals surface area (Å²) in [7, 11) is 0. The minimum absolute atomic E-state index is 0.0276. The summed E-state index contributed by atoms with van der Waals surface area (Å²) in [5, 5.41) is 0. The third-order valence-electron chi connectivity index (χ3n) is 6.33. The molecule has 4 rings (SSSR count). The molecule has 190 valence electrons. The Morgan fingerprint density at radius 2 is 1.89 bits per heavy atom. The first-order valence-electron chi connectivity index (χ1n) is 12.0. The van der Waals surface area contributed by atoms with Crippen molar-refractivity contribution < 1.29 is 27.4 Å². The lowest BCUT2D eigenvalue weighted by atomic mass is 10.0. The molecule has 2 aliphatic heterocycles. The van der Waals surface area contributed by atoms with Crippen LogP contribution >= 0.6 is 11.8 Å². The van der Waals surface area contributed by atoms with Crippen LogP contribution in [0.5, 0.6) is 5.75 Å². The number of Topliss-reactive ketones (excluding diaryl/α,β-unsaturated/α-hetero) is 1. The highest BCUT2D eigenvalue weighted by Crippen LogP contribution is 2.37. The van der Waals surface area contributed by atoms with Gasteiger partial charge in [0.25, 0.3) is 0 Å². The Balaban J connectivity index is 1.32. The maximum Gasteiger partial charge on any atom is 0.446 e. The van der Waals surface area contributed by atoms with Gasteiger partial charge in [0.2, 0.25) is 0 Å². The molecule has 0 N–H and O–H groups in total. The van der Waals surface area contributed by atoms with Gasteiger partial charge in [-0.2, -0.15) is 13.2 Å². The second kappa shape index (κ2) is 12.3. The number of nitrogens with zero attached hydrogens (tertiary/aromatic N) is 2. The topological polar surface area (TPSA) is 42.0 Å². The Morgan fingerprint density at radius 1 is 1.09 bits per heavy atom. The highest BCUT2D eigenvalue weighted by atomic mass is 32.2. The predicted molar refractivity (Wildman–Crippen MR) is 130 cm³/mol. The normalized spacial score (nSPS) is 19.7. The summed E-state index contributed by atoms with van der Waals surface area (Å²) >= 11 is -0.198. The van der Waals surface area contributed by atoms with Crippen molar-refractivity contribution in [2.24, 2.45) is 0 Å². The van der Waals surface area contributed by atoms with Crippen molar-refractivity contribution in [1.82, 2.24) is 9.80 Å². The van der Waals surface area contributed by atoms with E-state index in [4.69, 9.17) is 9.47 Å². The average Bonchev–Trinajstić information content (AvgIpc) is 3.30. The molecule has 2 aromatic carbocycles. The summed E-state index contributed by atoms with van der Waals surface area (Å²) in [5.41, 5.74) is -2.97. The van der Waals surface area contributed by atoms with Gasteiger partial charge in [-0.05, 0) is 67.4 Å². The lowest BCUT2D eigenvalue weighted by Gasteiger charge is -2.26. The van der Waals surface area contributed by atoms with Crippen LogP contribution in [0.15, 0.2) is 53.4 Å². The number of carbonyl (C=O) groups is 1. The zero-order valence-corrected chi connectivity index (χ0v) is 20.5. The van der Waals surface area contributed by atoms with E-state index >= 15 is 0 Å². The molecule has 5 nitrogen and oxygen atoms in total. The van der Waals surface area contributed by atoms with E-state index in [0.29, 0.717) is 12.2 Å². The van der Waals surface area contributed by atoms with Crippen molar-refractivity contribution >= 4 is 17.5 Å². The van der Waals surface area contributed by atoms with Crippen molar-refractivity contribution in [3.63, 3.8) is 0 Å². The zero-order valence-electron chi connectivity index (χ0n) is 19.6. The van der Waals surface area contributed by atoms with E-state index in [-0.39, 0.29) is 35.0 Å². The van der Waals surface area contributed by atoms with Gasteiger partial charge in [0, 0.05) is 36.1 Å². The van der Waals surface area contributed by atoms with Crippen LogP contribution < -0.4 is 4.74 Å². The zero-order chi connectivity index (χ0) is 24.7. The van der Waals surface area contributed by atoms with Gasteiger partial charge in [-0.25, -0.2) is 0 Å². The van der Waals surface area contributed by atoms with E-state index in [1.165, 1.54) is 18.2 Å². The fourth-order valence-electron chi connectivity index (χ4n) is 4.65. The Labute approximate surface area is 208 Å². The maximum absolute atomic E-state index is 12.9. The molecule has 0 saturated carbocycles. The molecule has 35 heavy (non-hydrogen) atoms. The van der Waals surface area contributed by atoms with Crippen molar-refractivity contribution in [3.8, 4) is 5.75 Å². The maximum atomic E-state index is 12.9. The van der Waals surface area contributed by atoms with Crippen LogP contribution in [0.1, 0.15) is 41.2 Å². The molecule has 2 fully saturated rings. The molecule has 2 aliphatic rings. The van der Waals surface area contributed by atoms with Gasteiger partial charge in [-0.1, -0.05) is 24.3 Å². The van der Waals surface area contributed by atoms with E-state index in [9.17, 15) is 18.0 Å². The van der Waals surface area contributed by atoms with E-state index in [0.717, 1.165) is 70.0 Å². The standard InChI is InChI=1S/C26H31F3N2O3S/c27-26(28,29)35-23-8-2-6-21(18-23)25(32)19-31-11-3-9-24(31)20-5-1-7-22(17-20)34-14-4-10-30-12-15-33-16-13-30/h1-2,5-8,17-18,24H,3-4,9-16,19H2. The van der Waals surface area contributed by atoms with Crippen LogP contribution in [0.3, 0.4) is 0 Å². The fraction of sp³-hybridized carbons (Fsp3) is 0.500. The summed E-state index contributed by atoms with van der Waals surface area (Å²) in [6.07, 6.45) is 2.84. The molecule has 1 unspecified atom stereocenters. The van der Waals surface area contributed by atoms with Gasteiger partial charge in [0.1, 0.15) is 5.75 Å². The number of thioether (sulfide) groups is 1. The van der Waals surface area contributed by atoms with Crippen molar-refractivity contribution in [3.05, 3.63) is 59.7 Å². The van der Waals surface area contributed by atoms with Crippen LogP contribution in [0, 0.1) is 0 Å². The quantitative estimate of drug-likeness (QED) is 0.243. The van der Waals surface area contributed by atoms with Crippen molar-refractivity contribution in [2.45, 2.75) is 35.7 Å². The lowest BCUT2D eigenvalue weighted by molar-refractivity contribution is -0.0328. The number of ether oxygens (including phenoxy) is 2. The number of morpholine rings is 1. The van der Waals surface area contributed by atoms with Crippen LogP contribution in [0.25, 0.3) is 0 Å². The van der Waals surface area contributed by atoms with Gasteiger partial charge in [0.05, 0.1) is 26.4 Å². The molecule has 2 aromatic rings. The molecule has 0 aromatic heterocycles. The number of rotatable bonds is 10. The van der Waals surface area contributed by atoms with Gasteiger partial charge in [-0.15, -0.1) is 0 Å². The number of hydrogen-bond acceptors (Lipinski definition) is 6. The summed E-state index contributed by atoms with van der Waals surface area (Å²) < 4.78 is 49.5. The molecule has 9 heteroatoms. The van der Waals surface area contributed by atoms with Gasteiger partial charge in [-0.3, -0.25) is 14.6 Å². The highest BCUT2D eigenvalue weighted by Gasteiger charge is 2.30. The molecule has 0 radical (unpaired) electrons. The molecular formula is C26H31F3N2O3S. The monoisotopic (exact) mass is 508 g/mol. The van der Waals surface area contributed by atoms with Gasteiger partial charge < -0.3 is 9.47 Å².